The third-order valence-electron chi connectivity index (χ3n) is 3.15. The van der Waals surface area contributed by atoms with E-state index in [-0.39, 0.29) is 31.1 Å². The van der Waals surface area contributed by atoms with Crippen molar-refractivity contribution in [3.63, 3.8) is 0 Å². The Hall–Kier alpha value is -1.44. The molecule has 1 atom stereocenters. The van der Waals surface area contributed by atoms with Gasteiger partial charge in [0.05, 0.1) is 30.7 Å². The van der Waals surface area contributed by atoms with E-state index in [1.807, 2.05) is 5.38 Å². The van der Waals surface area contributed by atoms with Crippen LogP contribution in [0, 0.1) is 0 Å². The Balaban J connectivity index is 1.89. The summed E-state index contributed by atoms with van der Waals surface area (Å²) >= 11 is 1.36. The predicted molar refractivity (Wildman–Crippen MR) is 74.7 cm³/mol. The minimum absolute atomic E-state index is 0.0366. The smallest absolute Gasteiger partial charge is 0.264 e. The molecule has 0 bridgehead atoms. The molecule has 7 heteroatoms. The predicted octanol–water partition coefficient (Wildman–Crippen LogP) is 0.0398. The molecule has 2 heterocycles. The van der Waals surface area contributed by atoms with Crippen molar-refractivity contribution in [3.8, 4) is 0 Å². The minimum atomic E-state index is -0.328. The topological polar surface area (TPSA) is 70.1 Å². The molecule has 110 valence electrons. The maximum atomic E-state index is 12.1. The number of ether oxygens (including phenoxy) is 1. The number of hydrogen-bond donors (Lipinski definition) is 1. The summed E-state index contributed by atoms with van der Waals surface area (Å²) in [7, 11) is 1.62. The first-order valence-electron chi connectivity index (χ1n) is 6.41. The monoisotopic (exact) mass is 298 g/mol. The molecule has 1 aromatic heterocycles. The first-order valence-corrected chi connectivity index (χ1v) is 7.29. The summed E-state index contributed by atoms with van der Waals surface area (Å²) in [4.78, 5) is 27.9. The fourth-order valence-corrected chi connectivity index (χ4v) is 2.74. The molecular weight excluding hydrogens is 280 g/mol. The van der Waals surface area contributed by atoms with Crippen LogP contribution in [0.5, 0.6) is 0 Å². The fourth-order valence-electron chi connectivity index (χ4n) is 2.02. The van der Waals surface area contributed by atoms with Crippen LogP contribution < -0.4 is 0 Å². The highest BCUT2D eigenvalue weighted by Crippen LogP contribution is 2.12. The van der Waals surface area contributed by atoms with E-state index in [1.165, 1.54) is 16.2 Å². The Morgan fingerprint density at radius 2 is 2.40 bits per heavy atom. The van der Waals surface area contributed by atoms with E-state index >= 15 is 0 Å². The standard InChI is InChI=1S/C13H18N2O4S/c1-14(13(18)11-3-2-6-20-11)8-12(17)15-4-5-19-10(7-15)9-16/h2-3,6,10,16H,4-5,7-9H2,1H3. The second-order valence-corrected chi connectivity index (χ2v) is 5.60. The SMILES string of the molecule is CN(CC(=O)N1CCOC(CO)C1)C(=O)c1cccs1. The van der Waals surface area contributed by atoms with Gasteiger partial charge in [0.15, 0.2) is 0 Å². The van der Waals surface area contributed by atoms with E-state index in [0.717, 1.165) is 0 Å². The zero-order valence-corrected chi connectivity index (χ0v) is 12.1. The highest BCUT2D eigenvalue weighted by molar-refractivity contribution is 7.12. The molecular formula is C13H18N2O4S. The number of carbonyl (C=O) groups is 2. The molecule has 0 saturated carbocycles. The van der Waals surface area contributed by atoms with Crippen molar-refractivity contribution in [3.05, 3.63) is 22.4 Å². The Labute approximate surface area is 121 Å². The van der Waals surface area contributed by atoms with Gasteiger partial charge in [0, 0.05) is 20.1 Å². The van der Waals surface area contributed by atoms with Gasteiger partial charge in [-0.05, 0) is 11.4 Å². The number of thiophene rings is 1. The van der Waals surface area contributed by atoms with Crippen molar-refractivity contribution in [2.75, 3.05) is 39.9 Å². The van der Waals surface area contributed by atoms with Crippen LogP contribution in [0.1, 0.15) is 9.67 Å². The summed E-state index contributed by atoms with van der Waals surface area (Å²) in [5.41, 5.74) is 0. The Morgan fingerprint density at radius 3 is 3.05 bits per heavy atom. The molecule has 0 aromatic carbocycles. The maximum Gasteiger partial charge on any atom is 0.264 e. The zero-order valence-electron chi connectivity index (χ0n) is 11.3. The summed E-state index contributed by atoms with van der Waals surface area (Å²) < 4.78 is 5.30. The average molecular weight is 298 g/mol. The number of aliphatic hydroxyl groups is 1. The summed E-state index contributed by atoms with van der Waals surface area (Å²) in [6.45, 7) is 1.22. The van der Waals surface area contributed by atoms with Gasteiger partial charge in [-0.25, -0.2) is 0 Å². The number of nitrogens with zero attached hydrogens (tertiary/aromatic N) is 2. The summed E-state index contributed by atoms with van der Waals surface area (Å²) in [5, 5.41) is 10.9. The summed E-state index contributed by atoms with van der Waals surface area (Å²) in [5.74, 6) is -0.278. The van der Waals surface area contributed by atoms with Crippen LogP contribution in [-0.2, 0) is 9.53 Å². The van der Waals surface area contributed by atoms with Gasteiger partial charge in [-0.3, -0.25) is 9.59 Å². The van der Waals surface area contributed by atoms with Gasteiger partial charge in [-0.15, -0.1) is 11.3 Å². The van der Waals surface area contributed by atoms with Crippen molar-refractivity contribution in [2.24, 2.45) is 0 Å². The molecule has 6 nitrogen and oxygen atoms in total. The van der Waals surface area contributed by atoms with Gasteiger partial charge in [-0.1, -0.05) is 6.07 Å². The van der Waals surface area contributed by atoms with E-state index < -0.39 is 0 Å². The lowest BCUT2D eigenvalue weighted by Crippen LogP contribution is -2.50. The Bertz CT molecular complexity index is 463. The van der Waals surface area contributed by atoms with Crippen LogP contribution >= 0.6 is 11.3 Å². The second kappa shape index (κ2) is 6.83. The van der Waals surface area contributed by atoms with E-state index in [1.54, 1.807) is 24.1 Å². The van der Waals surface area contributed by atoms with Crippen LogP contribution in [0.2, 0.25) is 0 Å². The van der Waals surface area contributed by atoms with Crippen molar-refractivity contribution >= 4 is 23.2 Å². The minimum Gasteiger partial charge on any atom is -0.394 e. The number of amides is 2. The number of morpholine rings is 1. The van der Waals surface area contributed by atoms with Crippen molar-refractivity contribution in [1.82, 2.24) is 9.80 Å². The Morgan fingerprint density at radius 1 is 1.60 bits per heavy atom. The van der Waals surface area contributed by atoms with E-state index in [0.29, 0.717) is 24.6 Å². The van der Waals surface area contributed by atoms with Crippen LogP contribution in [0.4, 0.5) is 0 Å². The van der Waals surface area contributed by atoms with Crippen LogP contribution in [0.15, 0.2) is 17.5 Å². The highest BCUT2D eigenvalue weighted by atomic mass is 32.1. The van der Waals surface area contributed by atoms with Gasteiger partial charge >= 0.3 is 0 Å². The van der Waals surface area contributed by atoms with Gasteiger partial charge in [0.25, 0.3) is 5.91 Å². The molecule has 20 heavy (non-hydrogen) atoms. The molecule has 1 fully saturated rings. The average Bonchev–Trinajstić information content (AvgIpc) is 3.00. The lowest BCUT2D eigenvalue weighted by Gasteiger charge is -2.33. The van der Waals surface area contributed by atoms with Gasteiger partial charge in [-0.2, -0.15) is 0 Å². The number of hydrogen-bond acceptors (Lipinski definition) is 5. The van der Waals surface area contributed by atoms with Crippen molar-refractivity contribution in [2.45, 2.75) is 6.10 Å². The largest absolute Gasteiger partial charge is 0.394 e. The van der Waals surface area contributed by atoms with Gasteiger partial charge < -0.3 is 19.6 Å². The second-order valence-electron chi connectivity index (χ2n) is 4.65. The van der Waals surface area contributed by atoms with E-state index in [9.17, 15) is 9.59 Å². The normalized spacial score (nSPS) is 18.9. The van der Waals surface area contributed by atoms with Crippen LogP contribution in [0.25, 0.3) is 0 Å². The van der Waals surface area contributed by atoms with E-state index in [2.05, 4.69) is 0 Å². The first-order chi connectivity index (χ1) is 9.61. The number of rotatable bonds is 4. The summed E-state index contributed by atoms with van der Waals surface area (Å²) in [6, 6.07) is 3.55. The van der Waals surface area contributed by atoms with Crippen LogP contribution in [-0.4, -0.2) is 72.7 Å². The first kappa shape index (κ1) is 15.0. The highest BCUT2D eigenvalue weighted by Gasteiger charge is 2.25. The lowest BCUT2D eigenvalue weighted by atomic mass is 10.2. The number of carbonyl (C=O) groups excluding carboxylic acids is 2. The molecule has 1 saturated heterocycles. The van der Waals surface area contributed by atoms with Crippen molar-refractivity contribution in [1.29, 1.82) is 0 Å². The third-order valence-corrected chi connectivity index (χ3v) is 4.00. The molecule has 0 radical (unpaired) electrons. The molecule has 1 unspecified atom stereocenters. The van der Waals surface area contributed by atoms with Crippen LogP contribution in [0.3, 0.4) is 0 Å². The zero-order chi connectivity index (χ0) is 14.5. The quantitative estimate of drug-likeness (QED) is 0.852. The molecule has 1 aliphatic heterocycles. The fraction of sp³-hybridized carbons (Fsp3) is 0.538. The molecule has 2 rings (SSSR count). The molecule has 0 aliphatic carbocycles. The van der Waals surface area contributed by atoms with E-state index in [4.69, 9.17) is 9.84 Å². The van der Waals surface area contributed by atoms with Gasteiger partial charge in [0.2, 0.25) is 5.91 Å². The molecule has 2 amide bonds. The van der Waals surface area contributed by atoms with Crippen molar-refractivity contribution < 1.29 is 19.4 Å². The molecule has 1 aromatic rings. The maximum absolute atomic E-state index is 12.1. The number of likely N-dealkylation sites (N-methyl/N-ethyl adjacent to an activating group) is 1. The van der Waals surface area contributed by atoms with Gasteiger partial charge in [0.1, 0.15) is 0 Å². The molecule has 1 aliphatic rings. The summed E-state index contributed by atoms with van der Waals surface area (Å²) in [6.07, 6.45) is -0.328. The molecule has 1 N–H and O–H groups in total. The number of aliphatic hydroxyl groups excluding tert-OH is 1. The lowest BCUT2D eigenvalue weighted by molar-refractivity contribution is -0.140. The Kier molecular flexibility index (Phi) is 5.11. The molecule has 0 spiro atoms. The third kappa shape index (κ3) is 3.56.